The minimum atomic E-state index is -0.414. The Hall–Kier alpha value is -1.62. The van der Waals surface area contributed by atoms with Crippen LogP contribution < -0.4 is 5.32 Å². The Morgan fingerprint density at radius 2 is 1.73 bits per heavy atom. The molecule has 1 N–H and O–H groups in total. The van der Waals surface area contributed by atoms with E-state index in [-0.39, 0.29) is 23.9 Å². The molecule has 0 radical (unpaired) electrons. The summed E-state index contributed by atoms with van der Waals surface area (Å²) in [5, 5.41) is 2.88. The highest BCUT2D eigenvalue weighted by molar-refractivity contribution is 9.10. The van der Waals surface area contributed by atoms with E-state index in [0.29, 0.717) is 12.8 Å². The zero-order valence-corrected chi connectivity index (χ0v) is 14.3. The molecule has 22 heavy (non-hydrogen) atoms. The number of halogens is 1. The topological polar surface area (TPSA) is 55.4 Å². The summed E-state index contributed by atoms with van der Waals surface area (Å²) in [5.41, 5.74) is 0.721. The number of nitrogens with one attached hydrogen (secondary N) is 1. The molecule has 118 valence electrons. The van der Waals surface area contributed by atoms with Crippen molar-refractivity contribution in [3.63, 3.8) is 0 Å². The van der Waals surface area contributed by atoms with Crippen molar-refractivity contribution in [2.75, 3.05) is 5.32 Å². The van der Waals surface area contributed by atoms with Crippen molar-refractivity contribution in [2.24, 2.45) is 11.8 Å². The van der Waals surface area contributed by atoms with Crippen molar-refractivity contribution in [3.8, 4) is 0 Å². The van der Waals surface area contributed by atoms with E-state index in [2.05, 4.69) is 21.2 Å². The fraction of sp³-hybridized carbons (Fsp3) is 0.412. The highest BCUT2D eigenvalue weighted by Gasteiger charge is 2.35. The Kier molecular flexibility index (Phi) is 5.77. The third-order valence-electron chi connectivity index (χ3n) is 3.54. The van der Waals surface area contributed by atoms with Crippen molar-refractivity contribution in [1.29, 1.82) is 0 Å². The van der Waals surface area contributed by atoms with Crippen LogP contribution >= 0.6 is 15.9 Å². The van der Waals surface area contributed by atoms with Gasteiger partial charge in [0.25, 0.3) is 0 Å². The maximum atomic E-state index is 12.5. The van der Waals surface area contributed by atoms with Gasteiger partial charge in [-0.15, -0.1) is 0 Å². The maximum Gasteiger partial charge on any atom is 0.310 e. The molecule has 0 unspecified atom stereocenters. The molecule has 1 aliphatic rings. The van der Waals surface area contributed by atoms with E-state index in [9.17, 15) is 9.59 Å². The molecule has 5 heteroatoms. The second-order valence-corrected chi connectivity index (χ2v) is 6.55. The summed E-state index contributed by atoms with van der Waals surface area (Å²) in [6.45, 7) is 3.63. The van der Waals surface area contributed by atoms with Gasteiger partial charge >= 0.3 is 5.97 Å². The van der Waals surface area contributed by atoms with E-state index in [1.165, 1.54) is 0 Å². The summed E-state index contributed by atoms with van der Waals surface area (Å²) < 4.78 is 6.23. The number of amides is 1. The van der Waals surface area contributed by atoms with E-state index < -0.39 is 5.92 Å². The number of anilines is 1. The van der Waals surface area contributed by atoms with E-state index in [1.54, 1.807) is 0 Å². The summed E-state index contributed by atoms with van der Waals surface area (Å²) >= 11 is 3.36. The van der Waals surface area contributed by atoms with Crippen LogP contribution in [0.25, 0.3) is 0 Å². The molecule has 1 aromatic rings. The molecule has 2 rings (SSSR count). The molecule has 0 saturated heterocycles. The SMILES string of the molecule is CC(C)OC(=O)[C@@H]1CC=CC[C@@H]1C(=O)Nc1ccc(Br)cc1. The lowest BCUT2D eigenvalue weighted by Crippen LogP contribution is -2.36. The summed E-state index contributed by atoms with van der Waals surface area (Å²) in [5.74, 6) is -1.24. The average molecular weight is 366 g/mol. The number of ether oxygens (including phenoxy) is 1. The first-order valence-corrected chi connectivity index (χ1v) is 8.18. The summed E-state index contributed by atoms with van der Waals surface area (Å²) in [7, 11) is 0. The number of carbonyl (C=O) groups is 2. The minimum absolute atomic E-state index is 0.141. The fourth-order valence-corrected chi connectivity index (χ4v) is 2.72. The lowest BCUT2D eigenvalue weighted by molar-refractivity contribution is -0.156. The second kappa shape index (κ2) is 7.58. The standard InChI is InChI=1S/C17H20BrNO3/c1-11(2)22-17(21)15-6-4-3-5-14(15)16(20)19-13-9-7-12(18)8-10-13/h3-4,7-11,14-15H,5-6H2,1-2H3,(H,19,20)/t14-,15+/m0/s1. The van der Waals surface area contributed by atoms with Gasteiger partial charge in [0.1, 0.15) is 0 Å². The molecular weight excluding hydrogens is 346 g/mol. The van der Waals surface area contributed by atoms with Gasteiger partial charge in [-0.25, -0.2) is 0 Å². The van der Waals surface area contributed by atoms with Crippen molar-refractivity contribution in [2.45, 2.75) is 32.8 Å². The van der Waals surface area contributed by atoms with Gasteiger partial charge in [0.2, 0.25) is 5.91 Å². The fourth-order valence-electron chi connectivity index (χ4n) is 2.45. The normalized spacial score (nSPS) is 20.7. The molecule has 0 spiro atoms. The quantitative estimate of drug-likeness (QED) is 0.649. The van der Waals surface area contributed by atoms with Crippen molar-refractivity contribution in [3.05, 3.63) is 40.9 Å². The van der Waals surface area contributed by atoms with Crippen LogP contribution in [0.1, 0.15) is 26.7 Å². The molecule has 1 amide bonds. The largest absolute Gasteiger partial charge is 0.463 e. The van der Waals surface area contributed by atoms with Crippen molar-refractivity contribution >= 4 is 33.5 Å². The maximum absolute atomic E-state index is 12.5. The van der Waals surface area contributed by atoms with E-state index >= 15 is 0 Å². The van der Waals surface area contributed by atoms with Crippen LogP contribution in [0.2, 0.25) is 0 Å². The van der Waals surface area contributed by atoms with Crippen LogP contribution in [0, 0.1) is 11.8 Å². The number of rotatable bonds is 4. The molecule has 0 saturated carbocycles. The summed E-state index contributed by atoms with van der Waals surface area (Å²) in [6, 6.07) is 7.37. The average Bonchev–Trinajstić information content (AvgIpc) is 2.49. The molecule has 0 fully saturated rings. The smallest absolute Gasteiger partial charge is 0.310 e. The number of esters is 1. The highest BCUT2D eigenvalue weighted by atomic mass is 79.9. The van der Waals surface area contributed by atoms with Crippen LogP contribution in [-0.2, 0) is 14.3 Å². The Labute approximate surface area is 139 Å². The third-order valence-corrected chi connectivity index (χ3v) is 4.06. The van der Waals surface area contributed by atoms with Gasteiger partial charge in [0.05, 0.1) is 17.9 Å². The molecule has 0 heterocycles. The van der Waals surface area contributed by atoms with Crippen LogP contribution in [0.3, 0.4) is 0 Å². The minimum Gasteiger partial charge on any atom is -0.463 e. The Bertz CT molecular complexity index is 566. The van der Waals surface area contributed by atoms with Crippen LogP contribution in [-0.4, -0.2) is 18.0 Å². The monoisotopic (exact) mass is 365 g/mol. The van der Waals surface area contributed by atoms with Gasteiger partial charge < -0.3 is 10.1 Å². The number of allylic oxidation sites excluding steroid dienone is 2. The van der Waals surface area contributed by atoms with Gasteiger partial charge in [0.15, 0.2) is 0 Å². The molecule has 0 aliphatic heterocycles. The molecule has 4 nitrogen and oxygen atoms in total. The van der Waals surface area contributed by atoms with Crippen molar-refractivity contribution < 1.29 is 14.3 Å². The number of hydrogen-bond acceptors (Lipinski definition) is 3. The Morgan fingerprint density at radius 1 is 1.14 bits per heavy atom. The highest BCUT2D eigenvalue weighted by Crippen LogP contribution is 2.28. The lowest BCUT2D eigenvalue weighted by atomic mass is 9.82. The van der Waals surface area contributed by atoms with E-state index in [0.717, 1.165) is 10.2 Å². The van der Waals surface area contributed by atoms with Crippen LogP contribution in [0.15, 0.2) is 40.9 Å². The first-order chi connectivity index (χ1) is 10.5. The van der Waals surface area contributed by atoms with Crippen LogP contribution in [0.5, 0.6) is 0 Å². The van der Waals surface area contributed by atoms with Crippen molar-refractivity contribution in [1.82, 2.24) is 0 Å². The van der Waals surface area contributed by atoms with Gasteiger partial charge in [-0.05, 0) is 51.0 Å². The predicted molar refractivity (Wildman–Crippen MR) is 89.4 cm³/mol. The Morgan fingerprint density at radius 3 is 2.32 bits per heavy atom. The second-order valence-electron chi connectivity index (χ2n) is 5.64. The van der Waals surface area contributed by atoms with Gasteiger partial charge in [0, 0.05) is 10.2 Å². The zero-order chi connectivity index (χ0) is 16.1. The van der Waals surface area contributed by atoms with E-state index in [4.69, 9.17) is 4.74 Å². The lowest BCUT2D eigenvalue weighted by Gasteiger charge is -2.26. The third kappa shape index (κ3) is 4.44. The molecular formula is C17H20BrNO3. The number of hydrogen-bond donors (Lipinski definition) is 1. The molecule has 0 aromatic heterocycles. The zero-order valence-electron chi connectivity index (χ0n) is 12.7. The summed E-state index contributed by atoms with van der Waals surface area (Å²) in [4.78, 5) is 24.7. The predicted octanol–water partition coefficient (Wildman–Crippen LogP) is 3.92. The van der Waals surface area contributed by atoms with Crippen LogP contribution in [0.4, 0.5) is 5.69 Å². The van der Waals surface area contributed by atoms with E-state index in [1.807, 2.05) is 50.3 Å². The molecule has 1 aromatic carbocycles. The first kappa shape index (κ1) is 16.7. The van der Waals surface area contributed by atoms with Gasteiger partial charge in [-0.1, -0.05) is 28.1 Å². The number of carbonyl (C=O) groups excluding carboxylic acids is 2. The van der Waals surface area contributed by atoms with Gasteiger partial charge in [-0.2, -0.15) is 0 Å². The summed E-state index contributed by atoms with van der Waals surface area (Å²) in [6.07, 6.45) is 4.82. The molecule has 1 aliphatic carbocycles. The first-order valence-electron chi connectivity index (χ1n) is 7.39. The molecule has 2 atom stereocenters. The Balaban J connectivity index is 2.06. The molecule has 0 bridgehead atoms. The number of benzene rings is 1. The van der Waals surface area contributed by atoms with Gasteiger partial charge in [-0.3, -0.25) is 9.59 Å².